The molecule has 1 unspecified atom stereocenters. The average Bonchev–Trinajstić information content (AvgIpc) is 2.92. The fourth-order valence-electron chi connectivity index (χ4n) is 4.20. The van der Waals surface area contributed by atoms with Gasteiger partial charge in [-0.3, -0.25) is 0 Å². The van der Waals surface area contributed by atoms with Crippen molar-refractivity contribution in [3.63, 3.8) is 0 Å². The molecule has 0 radical (unpaired) electrons. The highest BCUT2D eigenvalue weighted by Crippen LogP contribution is 2.37. The molecule has 2 aromatic carbocycles. The first-order chi connectivity index (χ1) is 12.0. The van der Waals surface area contributed by atoms with Gasteiger partial charge in [-0.05, 0) is 50.8 Å². The third kappa shape index (κ3) is 3.10. The van der Waals surface area contributed by atoms with Gasteiger partial charge in [0.1, 0.15) is 5.69 Å². The smallest absolute Gasteiger partial charge is 0.271 e. The zero-order valence-electron chi connectivity index (χ0n) is 15.8. The fraction of sp³-hybridized carbons (Fsp3) is 0.409. The number of aryl methyl sites for hydroxylation is 3. The molecule has 2 aliphatic rings. The van der Waals surface area contributed by atoms with E-state index in [4.69, 9.17) is 0 Å². The summed E-state index contributed by atoms with van der Waals surface area (Å²) >= 11 is 0. The summed E-state index contributed by atoms with van der Waals surface area (Å²) < 4.78 is 2.24. The number of amidine groups is 1. The van der Waals surface area contributed by atoms with Crippen molar-refractivity contribution in [2.75, 3.05) is 18.0 Å². The summed E-state index contributed by atoms with van der Waals surface area (Å²) in [5, 5.41) is 11.7. The van der Waals surface area contributed by atoms with Crippen LogP contribution in [0.25, 0.3) is 0 Å². The van der Waals surface area contributed by atoms with Gasteiger partial charge in [-0.1, -0.05) is 42.0 Å². The Bertz CT molecular complexity index is 844. The molecular formula is C22H27BrN2O. The molecule has 1 N–H and O–H groups in total. The minimum absolute atomic E-state index is 0. The predicted molar refractivity (Wildman–Crippen MR) is 102 cm³/mol. The molecule has 26 heavy (non-hydrogen) atoms. The standard InChI is InChI=1S/C22H27N2O.BrH/c1-16-8-11-19(12-9-16)22(25)15-23(21-6-4-5-13-24(21)22)20-14-17(2)7-10-18(20)3;/h7-12,14,25H,4-6,13,15H2,1-3H3;1H/q+1;/p-1. The van der Waals surface area contributed by atoms with Crippen molar-refractivity contribution in [3.05, 3.63) is 64.7 Å². The van der Waals surface area contributed by atoms with Crippen LogP contribution in [-0.2, 0) is 5.72 Å². The predicted octanol–water partition coefficient (Wildman–Crippen LogP) is 0.876. The van der Waals surface area contributed by atoms with Crippen molar-refractivity contribution in [3.8, 4) is 0 Å². The van der Waals surface area contributed by atoms with Crippen LogP contribution in [0.15, 0.2) is 42.5 Å². The highest BCUT2D eigenvalue weighted by atomic mass is 79.9. The minimum atomic E-state index is -0.945. The number of β-amino-alcohol motifs (C(OH)–C–C–N with tert-alkyl or cyclic N) is 1. The molecule has 3 nitrogen and oxygen atoms in total. The van der Waals surface area contributed by atoms with E-state index < -0.39 is 5.72 Å². The van der Waals surface area contributed by atoms with Gasteiger partial charge in [0.05, 0.1) is 6.54 Å². The molecule has 0 saturated carbocycles. The second-order valence-electron chi connectivity index (χ2n) is 7.58. The average molecular weight is 415 g/mol. The number of aliphatic hydroxyl groups is 1. The van der Waals surface area contributed by atoms with Crippen molar-refractivity contribution >= 4 is 11.5 Å². The Morgan fingerprint density at radius 2 is 1.65 bits per heavy atom. The van der Waals surface area contributed by atoms with Crippen molar-refractivity contribution in [1.82, 2.24) is 0 Å². The van der Waals surface area contributed by atoms with Crippen LogP contribution in [0, 0.1) is 20.8 Å². The largest absolute Gasteiger partial charge is 1.00 e. The van der Waals surface area contributed by atoms with E-state index in [1.165, 1.54) is 34.6 Å². The summed E-state index contributed by atoms with van der Waals surface area (Å²) in [5.41, 5.74) is 5.01. The number of nitrogens with zero attached hydrogens (tertiary/aromatic N) is 2. The van der Waals surface area contributed by atoms with Gasteiger partial charge >= 0.3 is 0 Å². The van der Waals surface area contributed by atoms with Crippen molar-refractivity contribution in [1.29, 1.82) is 0 Å². The van der Waals surface area contributed by atoms with E-state index in [0.717, 1.165) is 24.9 Å². The van der Waals surface area contributed by atoms with Crippen LogP contribution in [-0.4, -0.2) is 28.6 Å². The molecule has 0 aliphatic carbocycles. The molecule has 2 aromatic rings. The maximum Gasteiger partial charge on any atom is 0.271 e. The van der Waals surface area contributed by atoms with Crippen molar-refractivity contribution in [2.24, 2.45) is 0 Å². The lowest BCUT2D eigenvalue weighted by molar-refractivity contribution is -0.661. The SMILES string of the molecule is Cc1ccc(C2(O)CN(c3cc(C)ccc3C)C3=[N+]2CCCC3)cc1.[Br-]. The van der Waals surface area contributed by atoms with Gasteiger partial charge in [-0.25, -0.2) is 9.48 Å². The van der Waals surface area contributed by atoms with Gasteiger partial charge < -0.3 is 22.1 Å². The first-order valence-corrected chi connectivity index (χ1v) is 9.27. The van der Waals surface area contributed by atoms with E-state index in [1.807, 2.05) is 0 Å². The number of hydrogen-bond donors (Lipinski definition) is 1. The first kappa shape index (κ1) is 19.1. The molecular weight excluding hydrogens is 388 g/mol. The topological polar surface area (TPSA) is 26.5 Å². The van der Waals surface area contributed by atoms with E-state index in [1.54, 1.807) is 0 Å². The molecule has 0 fully saturated rings. The van der Waals surface area contributed by atoms with Crippen LogP contribution < -0.4 is 21.9 Å². The number of benzene rings is 2. The highest BCUT2D eigenvalue weighted by molar-refractivity contribution is 5.96. The summed E-state index contributed by atoms with van der Waals surface area (Å²) in [6.45, 7) is 7.89. The normalized spacial score (nSPS) is 22.2. The molecule has 0 amide bonds. The minimum Gasteiger partial charge on any atom is -1.00 e. The Kier molecular flexibility index (Phi) is 5.27. The Balaban J connectivity index is 0.00000196. The summed E-state index contributed by atoms with van der Waals surface area (Å²) in [7, 11) is 0. The fourth-order valence-corrected chi connectivity index (χ4v) is 4.20. The van der Waals surface area contributed by atoms with E-state index in [0.29, 0.717) is 6.54 Å². The van der Waals surface area contributed by atoms with E-state index in [-0.39, 0.29) is 17.0 Å². The third-order valence-electron chi connectivity index (χ3n) is 5.65. The lowest BCUT2D eigenvalue weighted by Gasteiger charge is -2.24. The second kappa shape index (κ2) is 7.16. The lowest BCUT2D eigenvalue weighted by atomic mass is 10.00. The maximum atomic E-state index is 11.7. The number of anilines is 1. The van der Waals surface area contributed by atoms with E-state index >= 15 is 0 Å². The molecule has 1 atom stereocenters. The molecule has 2 aliphatic heterocycles. The summed E-state index contributed by atoms with van der Waals surface area (Å²) in [6, 6.07) is 14.9. The molecule has 0 bridgehead atoms. The van der Waals surface area contributed by atoms with Crippen LogP contribution in [0.4, 0.5) is 5.69 Å². The molecule has 2 heterocycles. The summed E-state index contributed by atoms with van der Waals surface area (Å²) in [4.78, 5) is 2.35. The Hall–Kier alpha value is -1.65. The summed E-state index contributed by atoms with van der Waals surface area (Å²) in [6.07, 6.45) is 3.36. The lowest BCUT2D eigenvalue weighted by Crippen LogP contribution is -3.00. The van der Waals surface area contributed by atoms with Gasteiger partial charge in [0.25, 0.3) is 11.6 Å². The van der Waals surface area contributed by atoms with Gasteiger partial charge in [0, 0.05) is 12.0 Å². The zero-order chi connectivity index (χ0) is 17.6. The van der Waals surface area contributed by atoms with E-state index in [9.17, 15) is 5.11 Å². The number of rotatable bonds is 2. The number of halogens is 1. The van der Waals surface area contributed by atoms with Crippen molar-refractivity contribution < 1.29 is 26.7 Å². The van der Waals surface area contributed by atoms with Crippen molar-refractivity contribution in [2.45, 2.75) is 45.8 Å². The van der Waals surface area contributed by atoms with Crippen LogP contribution in [0.1, 0.15) is 41.5 Å². The Morgan fingerprint density at radius 3 is 2.38 bits per heavy atom. The van der Waals surface area contributed by atoms with Crippen LogP contribution in [0.3, 0.4) is 0 Å². The second-order valence-corrected chi connectivity index (χ2v) is 7.58. The Labute approximate surface area is 166 Å². The van der Waals surface area contributed by atoms with Gasteiger partial charge in [0.15, 0.2) is 6.54 Å². The van der Waals surface area contributed by atoms with Gasteiger partial charge in [0.2, 0.25) is 0 Å². The highest BCUT2D eigenvalue weighted by Gasteiger charge is 2.52. The Morgan fingerprint density at radius 1 is 0.962 bits per heavy atom. The molecule has 4 rings (SSSR count). The summed E-state index contributed by atoms with van der Waals surface area (Å²) in [5.74, 6) is 1.27. The quantitative estimate of drug-likeness (QED) is 0.738. The van der Waals surface area contributed by atoms with Gasteiger partial charge in [-0.15, -0.1) is 0 Å². The van der Waals surface area contributed by atoms with Crippen LogP contribution in [0.5, 0.6) is 0 Å². The third-order valence-corrected chi connectivity index (χ3v) is 5.65. The molecule has 0 saturated heterocycles. The maximum absolute atomic E-state index is 11.7. The molecule has 0 spiro atoms. The van der Waals surface area contributed by atoms with Gasteiger partial charge in [-0.2, -0.15) is 0 Å². The molecule has 4 heteroatoms. The molecule has 138 valence electrons. The molecule has 0 aromatic heterocycles. The number of hydrogen-bond acceptors (Lipinski definition) is 2. The first-order valence-electron chi connectivity index (χ1n) is 9.27. The van der Waals surface area contributed by atoms with E-state index in [2.05, 4.69) is 72.7 Å². The van der Waals surface area contributed by atoms with Crippen LogP contribution >= 0.6 is 0 Å². The monoisotopic (exact) mass is 414 g/mol. The van der Waals surface area contributed by atoms with Crippen LogP contribution in [0.2, 0.25) is 0 Å². The zero-order valence-corrected chi connectivity index (χ0v) is 17.4.